The zero-order valence-corrected chi connectivity index (χ0v) is 14.1. The van der Waals surface area contributed by atoms with E-state index in [1.165, 1.54) is 26.6 Å². The summed E-state index contributed by atoms with van der Waals surface area (Å²) in [6.45, 7) is 1.86. The minimum absolute atomic E-state index is 0.00118. The lowest BCUT2D eigenvalue weighted by atomic mass is 9.74. The van der Waals surface area contributed by atoms with Crippen LogP contribution in [-0.2, 0) is 34.0 Å². The maximum atomic E-state index is 12.7. The van der Waals surface area contributed by atoms with Crippen molar-refractivity contribution in [2.75, 3.05) is 20.8 Å². The van der Waals surface area contributed by atoms with Crippen LogP contribution in [0.3, 0.4) is 0 Å². The van der Waals surface area contributed by atoms with Gasteiger partial charge in [0.15, 0.2) is 0 Å². The van der Waals surface area contributed by atoms with Crippen LogP contribution >= 0.6 is 0 Å². The summed E-state index contributed by atoms with van der Waals surface area (Å²) in [4.78, 5) is 35.8. The van der Waals surface area contributed by atoms with Gasteiger partial charge < -0.3 is 14.2 Å². The van der Waals surface area contributed by atoms with Crippen molar-refractivity contribution >= 4 is 17.9 Å². The van der Waals surface area contributed by atoms with Crippen LogP contribution in [0.15, 0.2) is 18.5 Å². The molecule has 0 saturated carbocycles. The number of hydrogen-bond acceptors (Lipinski definition) is 8. The zero-order chi connectivity index (χ0) is 18.0. The molecule has 8 nitrogen and oxygen atoms in total. The van der Waals surface area contributed by atoms with Gasteiger partial charge in [0.05, 0.1) is 32.4 Å². The fraction of sp³-hybridized carbons (Fsp3) is 0.562. The summed E-state index contributed by atoms with van der Waals surface area (Å²) >= 11 is 0. The highest BCUT2D eigenvalue weighted by atomic mass is 16.5. The maximum absolute atomic E-state index is 12.7. The minimum Gasteiger partial charge on any atom is -0.469 e. The van der Waals surface area contributed by atoms with Crippen molar-refractivity contribution in [1.29, 1.82) is 0 Å². The van der Waals surface area contributed by atoms with Gasteiger partial charge in [0.1, 0.15) is 0 Å². The van der Waals surface area contributed by atoms with Gasteiger partial charge in [-0.2, -0.15) is 10.2 Å². The number of carbonyl (C=O) groups excluding carboxylic acids is 3. The molecule has 0 N–H and O–H groups in total. The molecule has 0 aliphatic heterocycles. The first-order valence-corrected chi connectivity index (χ1v) is 7.58. The second-order valence-electron chi connectivity index (χ2n) is 5.09. The monoisotopic (exact) mass is 338 g/mol. The summed E-state index contributed by atoms with van der Waals surface area (Å²) in [5.41, 5.74) is -0.669. The third-order valence-electron chi connectivity index (χ3n) is 3.77. The highest BCUT2D eigenvalue weighted by molar-refractivity contribution is 5.85. The van der Waals surface area contributed by atoms with E-state index in [1.807, 2.05) is 0 Å². The van der Waals surface area contributed by atoms with Crippen LogP contribution in [0.25, 0.3) is 0 Å². The van der Waals surface area contributed by atoms with E-state index in [1.54, 1.807) is 13.0 Å². The molecule has 0 aliphatic carbocycles. The Morgan fingerprint density at radius 2 is 1.62 bits per heavy atom. The summed E-state index contributed by atoms with van der Waals surface area (Å²) in [5, 5.41) is 7.50. The van der Waals surface area contributed by atoms with Crippen molar-refractivity contribution in [2.24, 2.45) is 0 Å². The molecule has 0 saturated heterocycles. The van der Waals surface area contributed by atoms with Crippen molar-refractivity contribution < 1.29 is 28.6 Å². The Balaban J connectivity index is 3.21. The van der Waals surface area contributed by atoms with Gasteiger partial charge in [-0.1, -0.05) is 0 Å². The van der Waals surface area contributed by atoms with E-state index in [0.717, 1.165) is 0 Å². The SMILES string of the molecule is CCOC(=O)C(CCC(=O)OC)(CCC(=O)OC)c1ccnnc1. The first-order chi connectivity index (χ1) is 11.5. The predicted molar refractivity (Wildman–Crippen MR) is 82.8 cm³/mol. The maximum Gasteiger partial charge on any atom is 0.316 e. The van der Waals surface area contributed by atoms with E-state index >= 15 is 0 Å². The Hall–Kier alpha value is -2.51. The molecule has 0 unspecified atom stereocenters. The van der Waals surface area contributed by atoms with Gasteiger partial charge in [0.25, 0.3) is 0 Å². The highest BCUT2D eigenvalue weighted by Gasteiger charge is 2.42. The van der Waals surface area contributed by atoms with Crippen LogP contribution < -0.4 is 0 Å². The Morgan fingerprint density at radius 3 is 2.04 bits per heavy atom. The molecule has 1 aromatic rings. The molecule has 0 aromatic carbocycles. The molecular formula is C16H22N2O6. The first-order valence-electron chi connectivity index (χ1n) is 7.58. The largest absolute Gasteiger partial charge is 0.469 e. The second kappa shape index (κ2) is 9.59. The Morgan fingerprint density at radius 1 is 1.04 bits per heavy atom. The van der Waals surface area contributed by atoms with Gasteiger partial charge in [-0.15, -0.1) is 0 Å². The van der Waals surface area contributed by atoms with E-state index < -0.39 is 23.3 Å². The van der Waals surface area contributed by atoms with Crippen LogP contribution in [0.4, 0.5) is 0 Å². The molecule has 1 heterocycles. The molecule has 0 spiro atoms. The topological polar surface area (TPSA) is 105 Å². The number of nitrogens with zero attached hydrogens (tertiary/aromatic N) is 2. The van der Waals surface area contributed by atoms with Crippen molar-refractivity contribution in [3.05, 3.63) is 24.0 Å². The molecule has 0 bridgehead atoms. The van der Waals surface area contributed by atoms with E-state index in [9.17, 15) is 14.4 Å². The van der Waals surface area contributed by atoms with Gasteiger partial charge in [-0.3, -0.25) is 14.4 Å². The Kier molecular flexibility index (Phi) is 7.81. The van der Waals surface area contributed by atoms with Crippen molar-refractivity contribution in [3.8, 4) is 0 Å². The van der Waals surface area contributed by atoms with Crippen molar-refractivity contribution in [2.45, 2.75) is 38.0 Å². The standard InChI is InChI=1S/C16H22N2O6/c1-4-24-15(21)16(8-5-13(19)22-2,9-6-14(20)23-3)12-7-10-17-18-11-12/h7,10-11H,4-6,8-9H2,1-3H3. The zero-order valence-electron chi connectivity index (χ0n) is 14.1. The second-order valence-corrected chi connectivity index (χ2v) is 5.09. The number of methoxy groups -OCH3 is 2. The average Bonchev–Trinajstić information content (AvgIpc) is 2.62. The lowest BCUT2D eigenvalue weighted by Gasteiger charge is -2.31. The smallest absolute Gasteiger partial charge is 0.316 e. The van der Waals surface area contributed by atoms with E-state index in [-0.39, 0.29) is 32.3 Å². The number of hydrogen-bond donors (Lipinski definition) is 0. The fourth-order valence-corrected chi connectivity index (χ4v) is 2.41. The van der Waals surface area contributed by atoms with Crippen molar-refractivity contribution in [3.63, 3.8) is 0 Å². The molecular weight excluding hydrogens is 316 g/mol. The third-order valence-corrected chi connectivity index (χ3v) is 3.77. The van der Waals surface area contributed by atoms with Crippen LogP contribution in [0.1, 0.15) is 38.2 Å². The van der Waals surface area contributed by atoms with E-state index in [4.69, 9.17) is 4.74 Å². The lowest BCUT2D eigenvalue weighted by molar-refractivity contribution is -0.152. The summed E-state index contributed by atoms with van der Waals surface area (Å²) in [5.74, 6) is -1.43. The molecule has 24 heavy (non-hydrogen) atoms. The van der Waals surface area contributed by atoms with Crippen LogP contribution in [0.5, 0.6) is 0 Å². The number of ether oxygens (including phenoxy) is 3. The molecule has 0 fully saturated rings. The number of aromatic nitrogens is 2. The third kappa shape index (κ3) is 5.00. The Labute approximate surface area is 140 Å². The number of carbonyl (C=O) groups is 3. The van der Waals surface area contributed by atoms with Gasteiger partial charge in [-0.05, 0) is 31.4 Å². The molecule has 132 valence electrons. The normalized spacial score (nSPS) is 10.8. The lowest BCUT2D eigenvalue weighted by Crippen LogP contribution is -2.39. The molecule has 0 atom stereocenters. The number of esters is 3. The molecule has 1 aromatic heterocycles. The van der Waals surface area contributed by atoms with Gasteiger partial charge in [-0.25, -0.2) is 0 Å². The minimum atomic E-state index is -1.20. The van der Waals surface area contributed by atoms with Gasteiger partial charge in [0.2, 0.25) is 0 Å². The first kappa shape index (κ1) is 19.5. The Bertz CT molecular complexity index is 541. The predicted octanol–water partition coefficient (Wildman–Crippen LogP) is 1.18. The van der Waals surface area contributed by atoms with Crippen molar-refractivity contribution in [1.82, 2.24) is 10.2 Å². The van der Waals surface area contributed by atoms with E-state index in [0.29, 0.717) is 5.56 Å². The molecule has 1 rings (SSSR count). The van der Waals surface area contributed by atoms with Gasteiger partial charge in [0, 0.05) is 19.0 Å². The summed E-state index contributed by atoms with van der Waals surface area (Å²) < 4.78 is 14.5. The molecule has 0 radical (unpaired) electrons. The van der Waals surface area contributed by atoms with Crippen LogP contribution in [0, 0.1) is 0 Å². The fourth-order valence-electron chi connectivity index (χ4n) is 2.41. The summed E-state index contributed by atoms with van der Waals surface area (Å²) in [6, 6.07) is 1.62. The molecule has 0 amide bonds. The van der Waals surface area contributed by atoms with Gasteiger partial charge >= 0.3 is 17.9 Å². The summed E-state index contributed by atoms with van der Waals surface area (Å²) in [6.07, 6.45) is 3.13. The van der Waals surface area contributed by atoms with E-state index in [2.05, 4.69) is 19.7 Å². The molecule has 0 aliphatic rings. The highest BCUT2D eigenvalue weighted by Crippen LogP contribution is 2.36. The molecule has 8 heteroatoms. The quantitative estimate of drug-likeness (QED) is 0.488. The summed E-state index contributed by atoms with van der Waals surface area (Å²) in [7, 11) is 2.55. The van der Waals surface area contributed by atoms with Crippen LogP contribution in [-0.4, -0.2) is 48.9 Å². The van der Waals surface area contributed by atoms with Crippen LogP contribution in [0.2, 0.25) is 0 Å². The number of rotatable bonds is 9. The average molecular weight is 338 g/mol.